The number of carbonyl (C=O) groups excluding carboxylic acids is 1. The van der Waals surface area contributed by atoms with Gasteiger partial charge in [0, 0.05) is 50.7 Å². The topological polar surface area (TPSA) is 49.3 Å². The van der Waals surface area contributed by atoms with Gasteiger partial charge in [0.1, 0.15) is 0 Å². The molecule has 1 aliphatic rings. The normalized spacial score (nSPS) is 15.3. The molecular weight excluding hydrogens is 324 g/mol. The lowest BCUT2D eigenvalue weighted by Crippen LogP contribution is -2.48. The molecule has 26 heavy (non-hydrogen) atoms. The smallest absolute Gasteiger partial charge is 0.253 e. The second-order valence-electron chi connectivity index (χ2n) is 6.81. The van der Waals surface area contributed by atoms with E-state index < -0.39 is 0 Å². The van der Waals surface area contributed by atoms with Gasteiger partial charge in [0.15, 0.2) is 0 Å². The monoisotopic (exact) mass is 346 g/mol. The highest BCUT2D eigenvalue weighted by molar-refractivity contribution is 5.94. The maximum atomic E-state index is 12.6. The molecule has 1 saturated heterocycles. The summed E-state index contributed by atoms with van der Waals surface area (Å²) in [7, 11) is 0. The Morgan fingerprint density at radius 1 is 0.923 bits per heavy atom. The van der Waals surface area contributed by atoms with E-state index in [1.54, 1.807) is 12.4 Å². The minimum atomic E-state index is 0.130. The van der Waals surface area contributed by atoms with E-state index in [0.717, 1.165) is 49.3 Å². The summed E-state index contributed by atoms with van der Waals surface area (Å²) in [6, 6.07) is 14.1. The Hall–Kier alpha value is -2.79. The number of benzene rings is 2. The molecule has 0 atom stereocenters. The second-order valence-corrected chi connectivity index (χ2v) is 6.81. The lowest BCUT2D eigenvalue weighted by Gasteiger charge is -2.34. The van der Waals surface area contributed by atoms with Gasteiger partial charge in [-0.25, -0.2) is 0 Å². The summed E-state index contributed by atoms with van der Waals surface area (Å²) < 4.78 is 0. The number of fused-ring (bicyclic) bond motifs is 1. The van der Waals surface area contributed by atoms with Crippen LogP contribution in [-0.2, 0) is 6.54 Å². The summed E-state index contributed by atoms with van der Waals surface area (Å²) in [5.74, 6) is 0.130. The van der Waals surface area contributed by atoms with Crippen molar-refractivity contribution in [1.82, 2.24) is 19.8 Å². The van der Waals surface area contributed by atoms with Gasteiger partial charge in [0.25, 0.3) is 5.91 Å². The molecule has 2 heterocycles. The van der Waals surface area contributed by atoms with Crippen LogP contribution in [0.2, 0.25) is 0 Å². The van der Waals surface area contributed by atoms with Crippen molar-refractivity contribution in [2.75, 3.05) is 26.2 Å². The third-order valence-electron chi connectivity index (χ3n) is 4.90. The number of aryl methyl sites for hydroxylation is 1. The zero-order valence-electron chi connectivity index (χ0n) is 14.9. The highest BCUT2D eigenvalue weighted by atomic mass is 16.2. The van der Waals surface area contributed by atoms with Crippen LogP contribution < -0.4 is 0 Å². The number of hydrogen-bond acceptors (Lipinski definition) is 4. The second kappa shape index (κ2) is 7.22. The zero-order valence-corrected chi connectivity index (χ0v) is 14.9. The van der Waals surface area contributed by atoms with Crippen LogP contribution in [0.5, 0.6) is 0 Å². The van der Waals surface area contributed by atoms with Gasteiger partial charge in [-0.15, -0.1) is 0 Å². The first-order valence-corrected chi connectivity index (χ1v) is 8.97. The van der Waals surface area contributed by atoms with Gasteiger partial charge in [-0.05, 0) is 36.8 Å². The molecule has 0 saturated carbocycles. The fourth-order valence-corrected chi connectivity index (χ4v) is 3.35. The average Bonchev–Trinajstić information content (AvgIpc) is 2.68. The quantitative estimate of drug-likeness (QED) is 0.732. The molecule has 5 heteroatoms. The summed E-state index contributed by atoms with van der Waals surface area (Å²) in [6.45, 7) is 6.21. The predicted octanol–water partition coefficient (Wildman–Crippen LogP) is 2.90. The van der Waals surface area contributed by atoms with E-state index >= 15 is 0 Å². The SMILES string of the molecule is Cc1ccc(C(=O)N2CCN(Cc3ccc4nccnc4c3)CC2)cc1. The van der Waals surface area contributed by atoms with Gasteiger partial charge in [0.2, 0.25) is 0 Å². The molecular formula is C21H22N4O. The van der Waals surface area contributed by atoms with Gasteiger partial charge in [0.05, 0.1) is 11.0 Å². The van der Waals surface area contributed by atoms with E-state index in [0.29, 0.717) is 0 Å². The molecule has 1 fully saturated rings. The first kappa shape index (κ1) is 16.7. The number of aromatic nitrogens is 2. The van der Waals surface area contributed by atoms with Crippen molar-refractivity contribution >= 4 is 16.9 Å². The minimum Gasteiger partial charge on any atom is -0.336 e. The first-order valence-electron chi connectivity index (χ1n) is 8.97. The maximum absolute atomic E-state index is 12.6. The van der Waals surface area contributed by atoms with Crippen LogP contribution in [-0.4, -0.2) is 51.9 Å². The van der Waals surface area contributed by atoms with Gasteiger partial charge >= 0.3 is 0 Å². The van der Waals surface area contributed by atoms with Crippen LogP contribution in [0.25, 0.3) is 11.0 Å². The van der Waals surface area contributed by atoms with Crippen LogP contribution in [0.3, 0.4) is 0 Å². The van der Waals surface area contributed by atoms with Gasteiger partial charge in [-0.2, -0.15) is 0 Å². The largest absolute Gasteiger partial charge is 0.336 e. The molecule has 0 bridgehead atoms. The molecule has 1 aromatic heterocycles. The lowest BCUT2D eigenvalue weighted by atomic mass is 10.1. The summed E-state index contributed by atoms with van der Waals surface area (Å²) in [5, 5.41) is 0. The van der Waals surface area contributed by atoms with Crippen LogP contribution >= 0.6 is 0 Å². The van der Waals surface area contributed by atoms with Crippen molar-refractivity contribution in [2.24, 2.45) is 0 Å². The molecule has 2 aromatic carbocycles. The first-order chi connectivity index (χ1) is 12.7. The number of rotatable bonds is 3. The minimum absolute atomic E-state index is 0.130. The van der Waals surface area contributed by atoms with E-state index in [9.17, 15) is 4.79 Å². The number of hydrogen-bond donors (Lipinski definition) is 0. The van der Waals surface area contributed by atoms with Crippen molar-refractivity contribution in [1.29, 1.82) is 0 Å². The Morgan fingerprint density at radius 3 is 2.35 bits per heavy atom. The van der Waals surface area contributed by atoms with E-state index in [2.05, 4.69) is 27.0 Å². The molecule has 3 aromatic rings. The summed E-state index contributed by atoms with van der Waals surface area (Å²) in [4.78, 5) is 25.6. The standard InChI is InChI=1S/C21H22N4O/c1-16-2-5-18(6-3-16)21(26)25-12-10-24(11-13-25)15-17-4-7-19-20(14-17)23-9-8-22-19/h2-9,14H,10-13,15H2,1H3. The van der Waals surface area contributed by atoms with E-state index in [-0.39, 0.29) is 5.91 Å². The van der Waals surface area contributed by atoms with Crippen molar-refractivity contribution in [3.8, 4) is 0 Å². The Kier molecular flexibility index (Phi) is 4.63. The highest BCUT2D eigenvalue weighted by Crippen LogP contribution is 2.15. The van der Waals surface area contributed by atoms with Crippen LogP contribution in [0.1, 0.15) is 21.5 Å². The molecule has 5 nitrogen and oxygen atoms in total. The average molecular weight is 346 g/mol. The summed E-state index contributed by atoms with van der Waals surface area (Å²) in [6.07, 6.45) is 3.44. The van der Waals surface area contributed by atoms with E-state index in [4.69, 9.17) is 0 Å². The molecule has 4 rings (SSSR count). The van der Waals surface area contributed by atoms with Crippen LogP contribution in [0.15, 0.2) is 54.9 Å². The van der Waals surface area contributed by atoms with Crippen molar-refractivity contribution in [3.63, 3.8) is 0 Å². The predicted molar refractivity (Wildman–Crippen MR) is 102 cm³/mol. The molecule has 132 valence electrons. The molecule has 0 radical (unpaired) electrons. The van der Waals surface area contributed by atoms with Crippen molar-refractivity contribution < 1.29 is 4.79 Å². The van der Waals surface area contributed by atoms with Crippen molar-refractivity contribution in [2.45, 2.75) is 13.5 Å². The van der Waals surface area contributed by atoms with Gasteiger partial charge in [-0.1, -0.05) is 23.8 Å². The zero-order chi connectivity index (χ0) is 17.9. The van der Waals surface area contributed by atoms with E-state index in [1.165, 1.54) is 11.1 Å². The van der Waals surface area contributed by atoms with Gasteiger partial charge in [-0.3, -0.25) is 19.7 Å². The third kappa shape index (κ3) is 3.58. The summed E-state index contributed by atoms with van der Waals surface area (Å²) >= 11 is 0. The van der Waals surface area contributed by atoms with E-state index in [1.807, 2.05) is 42.2 Å². The number of piperazine rings is 1. The molecule has 0 N–H and O–H groups in total. The Labute approximate surface area is 153 Å². The molecule has 1 amide bonds. The Bertz CT molecular complexity index is 915. The third-order valence-corrected chi connectivity index (χ3v) is 4.90. The number of nitrogens with zero attached hydrogens (tertiary/aromatic N) is 4. The fourth-order valence-electron chi connectivity index (χ4n) is 3.35. The van der Waals surface area contributed by atoms with Crippen molar-refractivity contribution in [3.05, 3.63) is 71.5 Å². The van der Waals surface area contributed by atoms with Gasteiger partial charge < -0.3 is 4.90 Å². The molecule has 0 unspecified atom stereocenters. The Morgan fingerprint density at radius 2 is 1.62 bits per heavy atom. The molecule has 0 spiro atoms. The maximum Gasteiger partial charge on any atom is 0.253 e. The lowest BCUT2D eigenvalue weighted by molar-refractivity contribution is 0.0628. The number of amides is 1. The Balaban J connectivity index is 1.37. The summed E-state index contributed by atoms with van der Waals surface area (Å²) in [5.41, 5.74) is 5.03. The highest BCUT2D eigenvalue weighted by Gasteiger charge is 2.22. The fraction of sp³-hybridized carbons (Fsp3) is 0.286. The number of carbonyl (C=O) groups is 1. The van der Waals surface area contributed by atoms with Crippen LogP contribution in [0.4, 0.5) is 0 Å². The molecule has 0 aliphatic carbocycles. The molecule has 1 aliphatic heterocycles. The van der Waals surface area contributed by atoms with Crippen LogP contribution in [0, 0.1) is 6.92 Å².